The molecule has 7 nitrogen and oxygen atoms in total. The number of amides is 1. The molecule has 1 aliphatic rings. The number of hydrogen-bond acceptors (Lipinski definition) is 5. The van der Waals surface area contributed by atoms with Gasteiger partial charge in [0.15, 0.2) is 0 Å². The van der Waals surface area contributed by atoms with Crippen LogP contribution >= 0.6 is 0 Å². The second kappa shape index (κ2) is 7.38. The van der Waals surface area contributed by atoms with Crippen LogP contribution in [0.5, 0.6) is 0 Å². The number of hydrogen-bond donors (Lipinski definition) is 2. The highest BCUT2D eigenvalue weighted by atomic mass is 16.5. The van der Waals surface area contributed by atoms with Gasteiger partial charge in [-0.1, -0.05) is 6.58 Å². The lowest BCUT2D eigenvalue weighted by molar-refractivity contribution is -0.126. The first kappa shape index (κ1) is 17.0. The number of carbonyl (C=O) groups is 2. The Labute approximate surface area is 146 Å². The van der Waals surface area contributed by atoms with Gasteiger partial charge in [0.1, 0.15) is 5.65 Å². The highest BCUT2D eigenvalue weighted by molar-refractivity contribution is 6.03. The van der Waals surface area contributed by atoms with Gasteiger partial charge in [0.2, 0.25) is 5.91 Å². The summed E-state index contributed by atoms with van der Waals surface area (Å²) >= 11 is 0. The van der Waals surface area contributed by atoms with Crippen LogP contribution < -0.4 is 5.32 Å². The lowest BCUT2D eigenvalue weighted by Crippen LogP contribution is -2.41. The first-order chi connectivity index (χ1) is 12.1. The summed E-state index contributed by atoms with van der Waals surface area (Å²) < 4.78 is 5.08. The van der Waals surface area contributed by atoms with Crippen molar-refractivity contribution in [3.8, 4) is 0 Å². The molecule has 2 aromatic heterocycles. The van der Waals surface area contributed by atoms with Crippen molar-refractivity contribution in [1.82, 2.24) is 14.9 Å². The largest absolute Gasteiger partial charge is 0.462 e. The van der Waals surface area contributed by atoms with E-state index < -0.39 is 0 Å². The number of esters is 1. The van der Waals surface area contributed by atoms with Gasteiger partial charge in [0.05, 0.1) is 24.1 Å². The molecule has 0 unspecified atom stereocenters. The topological polar surface area (TPSA) is 87.3 Å². The van der Waals surface area contributed by atoms with E-state index in [-0.39, 0.29) is 17.9 Å². The van der Waals surface area contributed by atoms with Gasteiger partial charge in [-0.15, -0.1) is 0 Å². The van der Waals surface area contributed by atoms with Crippen molar-refractivity contribution in [3.63, 3.8) is 0 Å². The predicted molar refractivity (Wildman–Crippen MR) is 95.5 cm³/mol. The van der Waals surface area contributed by atoms with E-state index in [0.29, 0.717) is 30.9 Å². The molecule has 0 aliphatic carbocycles. The number of carbonyl (C=O) groups excluding carboxylic acids is 2. The van der Waals surface area contributed by atoms with Crippen molar-refractivity contribution in [1.29, 1.82) is 0 Å². The zero-order valence-corrected chi connectivity index (χ0v) is 14.2. The third kappa shape index (κ3) is 3.65. The van der Waals surface area contributed by atoms with Crippen molar-refractivity contribution in [3.05, 3.63) is 36.7 Å². The number of nitrogens with one attached hydrogen (secondary N) is 2. The van der Waals surface area contributed by atoms with Crippen LogP contribution in [0.3, 0.4) is 0 Å². The van der Waals surface area contributed by atoms with Crippen LogP contribution in [0.4, 0.5) is 5.69 Å². The Morgan fingerprint density at radius 2 is 2.24 bits per heavy atom. The van der Waals surface area contributed by atoms with E-state index in [2.05, 4.69) is 21.9 Å². The van der Waals surface area contributed by atoms with Crippen LogP contribution in [0.25, 0.3) is 11.0 Å². The Morgan fingerprint density at radius 3 is 2.92 bits per heavy atom. The molecule has 2 aromatic rings. The van der Waals surface area contributed by atoms with Crippen LogP contribution in [0, 0.1) is 0 Å². The van der Waals surface area contributed by atoms with Crippen LogP contribution in [-0.2, 0) is 9.53 Å². The van der Waals surface area contributed by atoms with E-state index in [0.717, 1.165) is 23.9 Å². The zero-order valence-electron chi connectivity index (χ0n) is 14.2. The second-order valence-electron chi connectivity index (χ2n) is 5.99. The monoisotopic (exact) mass is 342 g/mol. The molecule has 0 saturated carbocycles. The molecule has 1 aliphatic heterocycles. The molecular weight excluding hydrogens is 320 g/mol. The number of aromatic amines is 1. The predicted octanol–water partition coefficient (Wildman–Crippen LogP) is 2.33. The van der Waals surface area contributed by atoms with Gasteiger partial charge >= 0.3 is 5.97 Å². The van der Waals surface area contributed by atoms with Gasteiger partial charge in [-0.2, -0.15) is 0 Å². The standard InChI is InChI=1S/C18H22N4O3/c1-3-16(23)22-7-5-12(6-8-22)21-13-9-14-15(18(24)25-4-2)11-20-17(14)19-10-13/h3,9-12,21H,1,4-8H2,2H3,(H,19,20). The Bertz CT molecular complexity index is 791. The fourth-order valence-electron chi connectivity index (χ4n) is 3.07. The number of rotatable bonds is 5. The molecule has 0 aromatic carbocycles. The quantitative estimate of drug-likeness (QED) is 0.643. The minimum Gasteiger partial charge on any atom is -0.462 e. The lowest BCUT2D eigenvalue weighted by Gasteiger charge is -2.32. The van der Waals surface area contributed by atoms with Crippen LogP contribution in [0.15, 0.2) is 31.1 Å². The molecule has 1 fully saturated rings. The van der Waals surface area contributed by atoms with Crippen LogP contribution in [0.1, 0.15) is 30.1 Å². The molecule has 2 N–H and O–H groups in total. The van der Waals surface area contributed by atoms with Crippen LogP contribution in [0.2, 0.25) is 0 Å². The van der Waals surface area contributed by atoms with Crippen LogP contribution in [-0.4, -0.2) is 52.5 Å². The molecule has 132 valence electrons. The Balaban J connectivity index is 1.70. The average molecular weight is 342 g/mol. The fourth-order valence-corrected chi connectivity index (χ4v) is 3.07. The van der Waals surface area contributed by atoms with Crippen molar-refractivity contribution >= 4 is 28.6 Å². The number of fused-ring (bicyclic) bond motifs is 1. The molecule has 0 atom stereocenters. The third-order valence-corrected chi connectivity index (χ3v) is 4.38. The van der Waals surface area contributed by atoms with E-state index in [1.165, 1.54) is 6.08 Å². The minimum atomic E-state index is -0.357. The Morgan fingerprint density at radius 1 is 1.48 bits per heavy atom. The second-order valence-corrected chi connectivity index (χ2v) is 5.99. The maximum absolute atomic E-state index is 12.0. The number of ether oxygens (including phenoxy) is 1. The van der Waals surface area contributed by atoms with Gasteiger partial charge in [0.25, 0.3) is 0 Å². The van der Waals surface area contributed by atoms with Gasteiger partial charge < -0.3 is 19.9 Å². The summed E-state index contributed by atoms with van der Waals surface area (Å²) in [7, 11) is 0. The number of anilines is 1. The summed E-state index contributed by atoms with van der Waals surface area (Å²) in [5.41, 5.74) is 1.99. The average Bonchev–Trinajstić information content (AvgIpc) is 3.05. The molecular formula is C18H22N4O3. The number of pyridine rings is 1. The molecule has 1 saturated heterocycles. The first-order valence-corrected chi connectivity index (χ1v) is 8.44. The molecule has 25 heavy (non-hydrogen) atoms. The van der Waals surface area contributed by atoms with Gasteiger partial charge in [-0.05, 0) is 31.9 Å². The van der Waals surface area contributed by atoms with Crippen molar-refractivity contribution in [2.75, 3.05) is 25.0 Å². The summed E-state index contributed by atoms with van der Waals surface area (Å²) in [6.07, 6.45) is 6.44. The highest BCUT2D eigenvalue weighted by Gasteiger charge is 2.21. The first-order valence-electron chi connectivity index (χ1n) is 8.44. The van der Waals surface area contributed by atoms with E-state index in [4.69, 9.17) is 4.74 Å². The molecule has 0 bridgehead atoms. The summed E-state index contributed by atoms with van der Waals surface area (Å²) in [6.45, 7) is 7.05. The minimum absolute atomic E-state index is 0.0204. The van der Waals surface area contributed by atoms with E-state index >= 15 is 0 Å². The third-order valence-electron chi connectivity index (χ3n) is 4.38. The summed E-state index contributed by atoms with van der Waals surface area (Å²) in [5.74, 6) is -0.378. The van der Waals surface area contributed by atoms with Crippen molar-refractivity contribution in [2.24, 2.45) is 0 Å². The number of likely N-dealkylation sites (tertiary alicyclic amines) is 1. The Hall–Kier alpha value is -2.83. The van der Waals surface area contributed by atoms with E-state index in [1.54, 1.807) is 24.2 Å². The molecule has 0 spiro atoms. The molecule has 7 heteroatoms. The lowest BCUT2D eigenvalue weighted by atomic mass is 10.0. The van der Waals surface area contributed by atoms with E-state index in [1.807, 2.05) is 6.07 Å². The van der Waals surface area contributed by atoms with E-state index in [9.17, 15) is 9.59 Å². The molecule has 3 rings (SSSR count). The summed E-state index contributed by atoms with van der Waals surface area (Å²) in [4.78, 5) is 32.8. The number of piperidine rings is 1. The van der Waals surface area contributed by atoms with Crippen molar-refractivity contribution in [2.45, 2.75) is 25.8 Å². The number of H-pyrrole nitrogens is 1. The van der Waals surface area contributed by atoms with Gasteiger partial charge in [-0.25, -0.2) is 9.78 Å². The fraction of sp³-hybridized carbons (Fsp3) is 0.389. The van der Waals surface area contributed by atoms with Crippen molar-refractivity contribution < 1.29 is 14.3 Å². The summed E-state index contributed by atoms with van der Waals surface area (Å²) in [5, 5.41) is 4.18. The SMILES string of the molecule is C=CC(=O)N1CCC(Nc2cnc3[nH]cc(C(=O)OCC)c3c2)CC1. The maximum Gasteiger partial charge on any atom is 0.340 e. The molecule has 0 radical (unpaired) electrons. The van der Waals surface area contributed by atoms with Gasteiger partial charge in [0, 0.05) is 30.7 Å². The van der Waals surface area contributed by atoms with Gasteiger partial charge in [-0.3, -0.25) is 4.79 Å². The molecule has 3 heterocycles. The Kier molecular flexibility index (Phi) is 5.02. The smallest absolute Gasteiger partial charge is 0.340 e. The number of aromatic nitrogens is 2. The maximum atomic E-state index is 12.0. The summed E-state index contributed by atoms with van der Waals surface area (Å²) in [6, 6.07) is 2.17. The highest BCUT2D eigenvalue weighted by Crippen LogP contribution is 2.23. The molecule has 1 amide bonds. The number of nitrogens with zero attached hydrogens (tertiary/aromatic N) is 2. The zero-order chi connectivity index (χ0) is 17.8. The normalized spacial score (nSPS) is 15.2.